The normalized spacial score (nSPS) is 44.1. The van der Waals surface area contributed by atoms with E-state index in [2.05, 4.69) is 13.0 Å². The van der Waals surface area contributed by atoms with Gasteiger partial charge in [0.25, 0.3) is 0 Å². The van der Waals surface area contributed by atoms with Crippen LogP contribution >= 0.6 is 0 Å². The predicted octanol–water partition coefficient (Wildman–Crippen LogP) is 3.74. The van der Waals surface area contributed by atoms with E-state index in [4.69, 9.17) is 18.9 Å². The van der Waals surface area contributed by atoms with Crippen LogP contribution in [0.2, 0.25) is 0 Å². The number of aliphatic hydroxyl groups excluding tert-OH is 2. The van der Waals surface area contributed by atoms with Gasteiger partial charge in [0, 0.05) is 43.4 Å². The molecule has 0 amide bonds. The molecule has 0 unspecified atom stereocenters. The lowest BCUT2D eigenvalue weighted by Gasteiger charge is -2.65. The van der Waals surface area contributed by atoms with Gasteiger partial charge in [0.15, 0.2) is 18.2 Å². The molecule has 4 fully saturated rings. The molecule has 0 bridgehead atoms. The minimum Gasteiger partial charge on any atom is -0.458 e. The Hall–Kier alpha value is -2.48. The van der Waals surface area contributed by atoms with Crippen molar-refractivity contribution >= 4 is 23.5 Å². The quantitative estimate of drug-likeness (QED) is 0.161. The Labute approximate surface area is 307 Å². The lowest BCUT2D eigenvalue weighted by atomic mass is 9.38. The third-order valence-corrected chi connectivity index (χ3v) is 13.8. The lowest BCUT2D eigenvalue weighted by Crippen LogP contribution is -2.65. The number of carbonyl (C=O) groups excluding carboxylic acids is 4. The fourth-order valence-corrected chi connectivity index (χ4v) is 11.2. The highest BCUT2D eigenvalue weighted by molar-refractivity contribution is 5.97. The molecular weight excluding hydrogens is 672 g/mol. The SMILES string of the molecule is CC(=O)O[C@@H]1[C@H](O[C@@H]2C[C@@]3(C)[C@@H]4CC=C5[C@@H](C[C@H](O)[C@@H](O)C5(C)C)[C@]4(C)C(=O)C[C@]3(C)[C@H]2[C@@](C)(O)C(=O)/C=C/C(C)(C)O)O[C@@H](C)C[C@@H]1OC(C)=O. The lowest BCUT2D eigenvalue weighted by molar-refractivity contribution is -0.292. The first-order chi connectivity index (χ1) is 23.7. The Morgan fingerprint density at radius 2 is 1.56 bits per heavy atom. The van der Waals surface area contributed by atoms with E-state index in [1.165, 1.54) is 40.7 Å². The molecule has 3 saturated carbocycles. The summed E-state index contributed by atoms with van der Waals surface area (Å²) >= 11 is 0. The average molecular weight is 733 g/mol. The number of esters is 2. The van der Waals surface area contributed by atoms with E-state index >= 15 is 0 Å². The zero-order valence-electron chi connectivity index (χ0n) is 32.6. The molecule has 292 valence electrons. The van der Waals surface area contributed by atoms with Crippen LogP contribution in [-0.2, 0) is 38.1 Å². The molecule has 0 aromatic rings. The number of hydrogen-bond donors (Lipinski definition) is 4. The number of rotatable bonds is 8. The second-order valence-electron chi connectivity index (χ2n) is 18.3. The summed E-state index contributed by atoms with van der Waals surface area (Å²) < 4.78 is 24.3. The summed E-state index contributed by atoms with van der Waals surface area (Å²) in [4.78, 5) is 53.4. The number of Topliss-reactive ketones (excluding diaryl/α,β-unsaturated/α-hetero) is 1. The highest BCUT2D eigenvalue weighted by Gasteiger charge is 2.75. The van der Waals surface area contributed by atoms with Crippen molar-refractivity contribution in [3.8, 4) is 0 Å². The van der Waals surface area contributed by atoms with Crippen molar-refractivity contribution in [1.82, 2.24) is 0 Å². The first-order valence-corrected chi connectivity index (χ1v) is 18.7. The third-order valence-electron chi connectivity index (χ3n) is 13.8. The van der Waals surface area contributed by atoms with Crippen LogP contribution in [-0.4, -0.2) is 98.0 Å². The highest BCUT2D eigenvalue weighted by atomic mass is 16.7. The fraction of sp³-hybridized carbons (Fsp3) is 0.800. The molecule has 0 radical (unpaired) electrons. The van der Waals surface area contributed by atoms with Crippen molar-refractivity contribution in [3.63, 3.8) is 0 Å². The third kappa shape index (κ3) is 6.53. The Balaban J connectivity index is 1.64. The molecule has 5 rings (SSSR count). The second kappa shape index (κ2) is 13.4. The summed E-state index contributed by atoms with van der Waals surface area (Å²) in [5.41, 5.74) is -5.96. The van der Waals surface area contributed by atoms with Crippen molar-refractivity contribution in [2.75, 3.05) is 0 Å². The minimum atomic E-state index is -2.11. The summed E-state index contributed by atoms with van der Waals surface area (Å²) in [5, 5.41) is 44.9. The zero-order valence-corrected chi connectivity index (χ0v) is 32.6. The van der Waals surface area contributed by atoms with Crippen LogP contribution in [0.3, 0.4) is 0 Å². The number of fused-ring (bicyclic) bond motifs is 5. The van der Waals surface area contributed by atoms with Crippen LogP contribution in [0.15, 0.2) is 23.8 Å². The highest BCUT2D eigenvalue weighted by Crippen LogP contribution is 2.74. The van der Waals surface area contributed by atoms with Gasteiger partial charge in [-0.05, 0) is 75.7 Å². The van der Waals surface area contributed by atoms with Crippen LogP contribution < -0.4 is 0 Å². The van der Waals surface area contributed by atoms with Crippen molar-refractivity contribution in [1.29, 1.82) is 0 Å². The van der Waals surface area contributed by atoms with Crippen molar-refractivity contribution in [2.24, 2.45) is 39.4 Å². The van der Waals surface area contributed by atoms with Gasteiger partial charge in [0.05, 0.1) is 30.0 Å². The molecular formula is C40H60O12. The van der Waals surface area contributed by atoms with E-state index in [1.54, 1.807) is 6.92 Å². The van der Waals surface area contributed by atoms with Crippen molar-refractivity contribution < 1.29 is 58.6 Å². The van der Waals surface area contributed by atoms with Gasteiger partial charge in [0.2, 0.25) is 0 Å². The Kier molecular flexibility index (Phi) is 10.5. The average Bonchev–Trinajstić information content (AvgIpc) is 3.22. The predicted molar refractivity (Wildman–Crippen MR) is 188 cm³/mol. The fourth-order valence-electron chi connectivity index (χ4n) is 11.2. The largest absolute Gasteiger partial charge is 0.458 e. The van der Waals surface area contributed by atoms with Crippen LogP contribution in [0, 0.1) is 39.4 Å². The van der Waals surface area contributed by atoms with E-state index in [9.17, 15) is 39.6 Å². The number of carbonyl (C=O) groups is 4. The van der Waals surface area contributed by atoms with E-state index in [0.717, 1.165) is 11.6 Å². The molecule has 52 heavy (non-hydrogen) atoms. The van der Waals surface area contributed by atoms with Crippen LogP contribution in [0.5, 0.6) is 0 Å². The molecule has 4 N–H and O–H groups in total. The summed E-state index contributed by atoms with van der Waals surface area (Å²) in [6.45, 7) is 18.5. The zero-order chi connectivity index (χ0) is 39.1. The molecule has 12 heteroatoms. The van der Waals surface area contributed by atoms with Gasteiger partial charge in [-0.2, -0.15) is 0 Å². The van der Waals surface area contributed by atoms with Crippen LogP contribution in [0.4, 0.5) is 0 Å². The Bertz CT molecular complexity index is 1520. The standard InChI is InChI=1S/C40H60O12/c1-20-16-26(50-21(2)41)31(51-22(3)42)34(49-20)52-27-18-37(8)28-13-12-23-24(17-25(43)33(46)36(23,6)7)39(28,10)30(45)19-38(37,9)32(27)40(11,48)29(44)14-15-35(4,5)47/h12,14-15,20,24-28,31-34,43,46-48H,13,16-19H2,1-11H3/b15-14+/t20-,24+,25-,26-,27+,28-,31-,32-,33+,34-,37-,38+,39-,40-/m0/s1. The molecule has 1 saturated heterocycles. The summed E-state index contributed by atoms with van der Waals surface area (Å²) in [6.07, 6.45) is -0.889. The number of hydrogen-bond acceptors (Lipinski definition) is 12. The maximum Gasteiger partial charge on any atom is 0.303 e. The molecule has 0 aromatic heterocycles. The summed E-state index contributed by atoms with van der Waals surface area (Å²) in [5.74, 6) is -3.59. The minimum absolute atomic E-state index is 0.00606. The topological polar surface area (TPSA) is 186 Å². The van der Waals surface area contributed by atoms with Crippen LogP contribution in [0.25, 0.3) is 0 Å². The Morgan fingerprint density at radius 3 is 2.13 bits per heavy atom. The van der Waals surface area contributed by atoms with Gasteiger partial charge in [-0.3, -0.25) is 19.2 Å². The van der Waals surface area contributed by atoms with E-state index in [-0.39, 0.29) is 43.3 Å². The van der Waals surface area contributed by atoms with Crippen LogP contribution in [0.1, 0.15) is 108 Å². The molecule has 0 aromatic carbocycles. The molecule has 4 aliphatic carbocycles. The van der Waals surface area contributed by atoms with Gasteiger partial charge in [0.1, 0.15) is 17.5 Å². The maximum atomic E-state index is 14.9. The monoisotopic (exact) mass is 732 g/mol. The summed E-state index contributed by atoms with van der Waals surface area (Å²) in [7, 11) is 0. The van der Waals surface area contributed by atoms with E-state index in [1.807, 2.05) is 27.7 Å². The number of ether oxygens (including phenoxy) is 4. The van der Waals surface area contributed by atoms with E-state index in [0.29, 0.717) is 6.42 Å². The molecule has 1 heterocycles. The van der Waals surface area contributed by atoms with Gasteiger partial charge >= 0.3 is 11.9 Å². The molecule has 5 aliphatic rings. The smallest absolute Gasteiger partial charge is 0.303 e. The Morgan fingerprint density at radius 1 is 0.942 bits per heavy atom. The number of allylic oxidation sites excluding steroid dienone is 1. The van der Waals surface area contributed by atoms with Gasteiger partial charge in [-0.15, -0.1) is 0 Å². The second-order valence-corrected chi connectivity index (χ2v) is 18.3. The molecule has 1 aliphatic heterocycles. The number of ketones is 2. The number of aliphatic hydroxyl groups is 4. The molecule has 12 nitrogen and oxygen atoms in total. The van der Waals surface area contributed by atoms with Gasteiger partial charge in [-0.25, -0.2) is 0 Å². The molecule has 0 spiro atoms. The first kappa shape index (κ1) is 40.7. The van der Waals surface area contributed by atoms with Gasteiger partial charge < -0.3 is 39.4 Å². The van der Waals surface area contributed by atoms with Crippen molar-refractivity contribution in [2.45, 2.75) is 162 Å². The molecule has 14 atom stereocenters. The maximum absolute atomic E-state index is 14.9. The summed E-state index contributed by atoms with van der Waals surface area (Å²) in [6, 6.07) is 0. The first-order valence-electron chi connectivity index (χ1n) is 18.7. The van der Waals surface area contributed by atoms with Crippen molar-refractivity contribution in [3.05, 3.63) is 23.8 Å². The van der Waals surface area contributed by atoms with Gasteiger partial charge in [-0.1, -0.05) is 52.3 Å². The van der Waals surface area contributed by atoms with E-state index < -0.39 is 99.4 Å².